The van der Waals surface area contributed by atoms with Crippen molar-refractivity contribution >= 4 is 5.97 Å². The molecule has 0 saturated carbocycles. The third-order valence-electron chi connectivity index (χ3n) is 3.13. The first-order valence-corrected chi connectivity index (χ1v) is 5.73. The van der Waals surface area contributed by atoms with E-state index in [1.54, 1.807) is 0 Å². The smallest absolute Gasteiger partial charge is 0.320 e. The maximum Gasteiger partial charge on any atom is 0.320 e. The number of nitrogens with zero attached hydrogens (tertiary/aromatic N) is 2. The minimum atomic E-state index is -0.673. The van der Waals surface area contributed by atoms with Crippen LogP contribution in [0.3, 0.4) is 0 Å². The molecule has 0 bridgehead atoms. The molecule has 0 aliphatic carbocycles. The van der Waals surface area contributed by atoms with Crippen LogP contribution >= 0.6 is 0 Å². The van der Waals surface area contributed by atoms with Crippen molar-refractivity contribution < 1.29 is 9.90 Å². The lowest BCUT2D eigenvalue weighted by atomic mass is 10.1. The van der Waals surface area contributed by atoms with Crippen LogP contribution < -0.4 is 0 Å². The summed E-state index contributed by atoms with van der Waals surface area (Å²) in [6.07, 6.45) is 1.68. The highest BCUT2D eigenvalue weighted by atomic mass is 16.4. The standard InChI is InChI=1S/C11H22N2O2/c1-4-5-10(11(14)15)13-7-6-12(3)8-9(13)2/h9-10H,4-8H2,1-3H3,(H,14,15). The summed E-state index contributed by atoms with van der Waals surface area (Å²) in [6, 6.07) is 0.0510. The predicted octanol–water partition coefficient (Wildman–Crippen LogP) is 0.876. The lowest BCUT2D eigenvalue weighted by molar-refractivity contribution is -0.145. The van der Waals surface area contributed by atoms with Crippen molar-refractivity contribution in [3.05, 3.63) is 0 Å². The van der Waals surface area contributed by atoms with Crippen LogP contribution in [-0.2, 0) is 4.79 Å². The Bertz CT molecular complexity index is 221. The topological polar surface area (TPSA) is 43.8 Å². The van der Waals surface area contributed by atoms with Crippen molar-refractivity contribution in [1.29, 1.82) is 0 Å². The third kappa shape index (κ3) is 3.18. The Kier molecular flexibility index (Phi) is 4.54. The SMILES string of the molecule is CCCC(C(=O)O)N1CCN(C)CC1C. The van der Waals surface area contributed by atoms with Gasteiger partial charge in [0.05, 0.1) is 0 Å². The highest BCUT2D eigenvalue weighted by Gasteiger charge is 2.31. The van der Waals surface area contributed by atoms with Crippen molar-refractivity contribution in [3.63, 3.8) is 0 Å². The second-order valence-corrected chi connectivity index (χ2v) is 4.49. The van der Waals surface area contributed by atoms with Crippen molar-refractivity contribution in [2.24, 2.45) is 0 Å². The van der Waals surface area contributed by atoms with Crippen LogP contribution in [-0.4, -0.2) is 59.6 Å². The van der Waals surface area contributed by atoms with Gasteiger partial charge in [-0.15, -0.1) is 0 Å². The van der Waals surface area contributed by atoms with Gasteiger partial charge in [0.1, 0.15) is 6.04 Å². The van der Waals surface area contributed by atoms with Crippen LogP contribution in [0, 0.1) is 0 Å². The average Bonchev–Trinajstić information content (AvgIpc) is 2.15. The third-order valence-corrected chi connectivity index (χ3v) is 3.13. The van der Waals surface area contributed by atoms with E-state index in [9.17, 15) is 9.90 Å². The van der Waals surface area contributed by atoms with Gasteiger partial charge in [-0.3, -0.25) is 9.69 Å². The van der Waals surface area contributed by atoms with Gasteiger partial charge in [0.25, 0.3) is 0 Å². The highest BCUT2D eigenvalue weighted by Crippen LogP contribution is 2.15. The fraction of sp³-hybridized carbons (Fsp3) is 0.909. The van der Waals surface area contributed by atoms with Gasteiger partial charge in [0.15, 0.2) is 0 Å². The summed E-state index contributed by atoms with van der Waals surface area (Å²) in [4.78, 5) is 15.5. The minimum absolute atomic E-state index is 0.293. The van der Waals surface area contributed by atoms with Gasteiger partial charge >= 0.3 is 5.97 Å². The van der Waals surface area contributed by atoms with Gasteiger partial charge in [-0.2, -0.15) is 0 Å². The fourth-order valence-corrected chi connectivity index (χ4v) is 2.32. The lowest BCUT2D eigenvalue weighted by Crippen LogP contribution is -2.56. The summed E-state index contributed by atoms with van der Waals surface area (Å²) in [6.45, 7) is 6.96. The fourth-order valence-electron chi connectivity index (χ4n) is 2.32. The Hall–Kier alpha value is -0.610. The van der Waals surface area contributed by atoms with Gasteiger partial charge in [0, 0.05) is 25.7 Å². The summed E-state index contributed by atoms with van der Waals surface area (Å²) in [7, 11) is 2.09. The molecule has 0 amide bonds. The van der Waals surface area contributed by atoms with Gasteiger partial charge in [-0.1, -0.05) is 13.3 Å². The molecule has 0 aromatic heterocycles. The zero-order valence-corrected chi connectivity index (χ0v) is 9.94. The van der Waals surface area contributed by atoms with Gasteiger partial charge in [0.2, 0.25) is 0 Å². The number of carboxylic acid groups (broad SMARTS) is 1. The Morgan fingerprint density at radius 3 is 2.67 bits per heavy atom. The number of hydrogen-bond donors (Lipinski definition) is 1. The Balaban J connectivity index is 2.62. The normalized spacial score (nSPS) is 26.5. The Labute approximate surface area is 91.9 Å². The van der Waals surface area contributed by atoms with E-state index in [0.29, 0.717) is 6.04 Å². The van der Waals surface area contributed by atoms with Gasteiger partial charge in [-0.05, 0) is 20.4 Å². The Morgan fingerprint density at radius 1 is 1.53 bits per heavy atom. The summed E-state index contributed by atoms with van der Waals surface area (Å²) in [5, 5.41) is 9.19. The Morgan fingerprint density at radius 2 is 2.20 bits per heavy atom. The summed E-state index contributed by atoms with van der Waals surface area (Å²) in [5.74, 6) is -0.673. The molecule has 1 N–H and O–H groups in total. The summed E-state index contributed by atoms with van der Waals surface area (Å²) in [5.41, 5.74) is 0. The van der Waals surface area contributed by atoms with E-state index >= 15 is 0 Å². The van der Waals surface area contributed by atoms with Crippen LogP contribution in [0.25, 0.3) is 0 Å². The zero-order chi connectivity index (χ0) is 11.4. The molecule has 0 aromatic carbocycles. The molecule has 15 heavy (non-hydrogen) atoms. The monoisotopic (exact) mass is 214 g/mol. The van der Waals surface area contributed by atoms with E-state index in [4.69, 9.17) is 0 Å². The van der Waals surface area contributed by atoms with Crippen molar-refractivity contribution in [1.82, 2.24) is 9.80 Å². The number of piperazine rings is 1. The quantitative estimate of drug-likeness (QED) is 0.754. The van der Waals surface area contributed by atoms with Crippen molar-refractivity contribution in [3.8, 4) is 0 Å². The predicted molar refractivity (Wildman–Crippen MR) is 60.0 cm³/mol. The molecule has 1 rings (SSSR count). The van der Waals surface area contributed by atoms with E-state index in [2.05, 4.69) is 23.8 Å². The van der Waals surface area contributed by atoms with Gasteiger partial charge in [-0.25, -0.2) is 0 Å². The second kappa shape index (κ2) is 5.47. The number of carbonyl (C=O) groups is 1. The van der Waals surface area contributed by atoms with Crippen molar-refractivity contribution in [2.75, 3.05) is 26.7 Å². The summed E-state index contributed by atoms with van der Waals surface area (Å²) < 4.78 is 0. The molecule has 2 atom stereocenters. The number of aliphatic carboxylic acids is 1. The van der Waals surface area contributed by atoms with E-state index in [1.165, 1.54) is 0 Å². The first-order valence-electron chi connectivity index (χ1n) is 5.73. The lowest BCUT2D eigenvalue weighted by Gasteiger charge is -2.41. The van der Waals surface area contributed by atoms with Crippen LogP contribution in [0.5, 0.6) is 0 Å². The van der Waals surface area contributed by atoms with Crippen LogP contribution in [0.2, 0.25) is 0 Å². The van der Waals surface area contributed by atoms with Crippen LogP contribution in [0.1, 0.15) is 26.7 Å². The van der Waals surface area contributed by atoms with E-state index in [-0.39, 0.29) is 6.04 Å². The average molecular weight is 214 g/mol. The minimum Gasteiger partial charge on any atom is -0.480 e. The summed E-state index contributed by atoms with van der Waals surface area (Å²) >= 11 is 0. The number of likely N-dealkylation sites (N-methyl/N-ethyl adjacent to an activating group) is 1. The molecule has 1 aliphatic heterocycles. The maximum atomic E-state index is 11.2. The molecule has 1 aliphatic rings. The number of hydrogen-bond acceptors (Lipinski definition) is 3. The first kappa shape index (κ1) is 12.5. The molecule has 1 fully saturated rings. The molecule has 1 saturated heterocycles. The van der Waals surface area contributed by atoms with E-state index in [0.717, 1.165) is 32.5 Å². The maximum absolute atomic E-state index is 11.2. The highest BCUT2D eigenvalue weighted by molar-refractivity contribution is 5.73. The molecule has 4 nitrogen and oxygen atoms in total. The number of carboxylic acids is 1. The van der Waals surface area contributed by atoms with E-state index < -0.39 is 5.97 Å². The van der Waals surface area contributed by atoms with Crippen LogP contribution in [0.4, 0.5) is 0 Å². The first-order chi connectivity index (χ1) is 7.06. The molecular formula is C11H22N2O2. The van der Waals surface area contributed by atoms with E-state index in [1.807, 2.05) is 6.92 Å². The molecule has 88 valence electrons. The molecular weight excluding hydrogens is 192 g/mol. The van der Waals surface area contributed by atoms with Crippen molar-refractivity contribution in [2.45, 2.75) is 38.8 Å². The van der Waals surface area contributed by atoms with Gasteiger partial charge < -0.3 is 10.0 Å². The second-order valence-electron chi connectivity index (χ2n) is 4.49. The molecule has 2 unspecified atom stereocenters. The van der Waals surface area contributed by atoms with Crippen LogP contribution in [0.15, 0.2) is 0 Å². The number of rotatable bonds is 4. The molecule has 0 radical (unpaired) electrons. The molecule has 0 spiro atoms. The largest absolute Gasteiger partial charge is 0.480 e. The zero-order valence-electron chi connectivity index (χ0n) is 9.94. The molecule has 0 aromatic rings. The molecule has 1 heterocycles. The molecule has 4 heteroatoms.